The summed E-state index contributed by atoms with van der Waals surface area (Å²) in [4.78, 5) is 10.2. The first-order chi connectivity index (χ1) is 9.72. The summed E-state index contributed by atoms with van der Waals surface area (Å²) < 4.78 is 2.54. The molecule has 4 rings (SSSR count). The number of benzene rings is 1. The second-order valence-corrected chi connectivity index (χ2v) is 6.96. The first-order valence-corrected chi connectivity index (χ1v) is 8.20. The average molecular weight is 317 g/mol. The van der Waals surface area contributed by atoms with E-state index in [2.05, 4.69) is 27.5 Å². The van der Waals surface area contributed by atoms with Gasteiger partial charge in [0.2, 0.25) is 0 Å². The Labute approximate surface area is 128 Å². The number of halogens is 1. The Bertz CT molecular complexity index is 911. The zero-order valence-corrected chi connectivity index (χ0v) is 12.9. The summed E-state index contributed by atoms with van der Waals surface area (Å²) in [6.07, 6.45) is 0. The molecule has 0 unspecified atom stereocenters. The van der Waals surface area contributed by atoms with Gasteiger partial charge in [-0.05, 0) is 36.1 Å². The van der Waals surface area contributed by atoms with Crippen molar-refractivity contribution in [1.82, 2.24) is 9.97 Å². The zero-order chi connectivity index (χ0) is 13.7. The predicted molar refractivity (Wildman–Crippen MR) is 88.0 cm³/mol. The molecule has 0 spiro atoms. The van der Waals surface area contributed by atoms with Gasteiger partial charge in [0.05, 0.1) is 10.4 Å². The molecule has 0 aliphatic rings. The van der Waals surface area contributed by atoms with Crippen molar-refractivity contribution >= 4 is 54.6 Å². The molecule has 2 nitrogen and oxygen atoms in total. The minimum absolute atomic E-state index is 0.528. The molecule has 1 aromatic carbocycles. The van der Waals surface area contributed by atoms with Crippen molar-refractivity contribution in [1.29, 1.82) is 0 Å². The van der Waals surface area contributed by atoms with Crippen LogP contribution in [-0.4, -0.2) is 9.97 Å². The van der Waals surface area contributed by atoms with Gasteiger partial charge in [-0.1, -0.05) is 23.7 Å². The fourth-order valence-corrected chi connectivity index (χ4v) is 4.66. The molecule has 0 aliphatic carbocycles. The number of rotatable bonds is 1. The Morgan fingerprint density at radius 1 is 1.10 bits per heavy atom. The summed E-state index contributed by atoms with van der Waals surface area (Å²) in [5.74, 6) is 0.710. The van der Waals surface area contributed by atoms with Crippen molar-refractivity contribution in [3.8, 4) is 10.7 Å². The van der Waals surface area contributed by atoms with Gasteiger partial charge in [-0.15, -0.1) is 22.7 Å². The molecule has 0 amide bonds. The maximum atomic E-state index is 6.35. The molecule has 3 heterocycles. The number of nitrogens with zero attached hydrogens (tertiary/aromatic N) is 2. The van der Waals surface area contributed by atoms with E-state index in [0.717, 1.165) is 21.3 Å². The molecule has 98 valence electrons. The van der Waals surface area contributed by atoms with Gasteiger partial charge in [0.15, 0.2) is 5.82 Å². The summed E-state index contributed by atoms with van der Waals surface area (Å²) in [6, 6.07) is 10.3. The minimum atomic E-state index is 0.528. The molecule has 5 heteroatoms. The van der Waals surface area contributed by atoms with Gasteiger partial charge in [0.25, 0.3) is 0 Å². The van der Waals surface area contributed by atoms with Crippen molar-refractivity contribution in [3.63, 3.8) is 0 Å². The molecule has 0 aliphatic heterocycles. The number of thiophene rings is 2. The molecule has 0 saturated heterocycles. The van der Waals surface area contributed by atoms with Gasteiger partial charge >= 0.3 is 0 Å². The van der Waals surface area contributed by atoms with Crippen molar-refractivity contribution in [2.24, 2.45) is 0 Å². The molecule has 0 N–H and O–H groups in total. The minimum Gasteiger partial charge on any atom is -0.227 e. The Kier molecular flexibility index (Phi) is 2.77. The highest BCUT2D eigenvalue weighted by Gasteiger charge is 2.12. The lowest BCUT2D eigenvalue weighted by molar-refractivity contribution is 1.23. The molecule has 4 aromatic rings. The third kappa shape index (κ3) is 1.84. The molecule has 0 atom stereocenters. The van der Waals surface area contributed by atoms with Gasteiger partial charge in [-0.3, -0.25) is 0 Å². The second kappa shape index (κ2) is 4.52. The van der Waals surface area contributed by atoms with Gasteiger partial charge in [0, 0.05) is 14.8 Å². The maximum absolute atomic E-state index is 6.35. The Hall–Kier alpha value is -1.49. The van der Waals surface area contributed by atoms with Crippen LogP contribution in [0.25, 0.3) is 31.0 Å². The van der Waals surface area contributed by atoms with Crippen LogP contribution in [0.2, 0.25) is 5.15 Å². The highest BCUT2D eigenvalue weighted by molar-refractivity contribution is 7.28. The number of aryl methyl sites for hydroxylation is 1. The second-order valence-electron chi connectivity index (χ2n) is 4.57. The van der Waals surface area contributed by atoms with Crippen LogP contribution in [-0.2, 0) is 0 Å². The lowest BCUT2D eigenvalue weighted by Crippen LogP contribution is -1.91. The van der Waals surface area contributed by atoms with Crippen LogP contribution < -0.4 is 0 Å². The molecular formula is C15H9ClN2S2. The van der Waals surface area contributed by atoms with Gasteiger partial charge in [-0.25, -0.2) is 9.97 Å². The number of aromatic nitrogens is 2. The molecule has 20 heavy (non-hydrogen) atoms. The van der Waals surface area contributed by atoms with Crippen LogP contribution in [0.1, 0.15) is 5.56 Å². The molecule has 0 bridgehead atoms. The van der Waals surface area contributed by atoms with Crippen molar-refractivity contribution in [3.05, 3.63) is 46.4 Å². The smallest absolute Gasteiger partial charge is 0.171 e. The van der Waals surface area contributed by atoms with Crippen LogP contribution in [0.3, 0.4) is 0 Å². The number of fused-ring (bicyclic) bond motifs is 2. The SMILES string of the molecule is Cc1cccc2nc(-c3cc4sccc4s3)nc(Cl)c12. The van der Waals surface area contributed by atoms with E-state index in [9.17, 15) is 0 Å². The summed E-state index contributed by atoms with van der Waals surface area (Å²) in [6.45, 7) is 2.03. The summed E-state index contributed by atoms with van der Waals surface area (Å²) in [5.41, 5.74) is 2.00. The number of hydrogen-bond acceptors (Lipinski definition) is 4. The average Bonchev–Trinajstić information content (AvgIpc) is 2.98. The molecule has 0 radical (unpaired) electrons. The van der Waals surface area contributed by atoms with Crippen LogP contribution in [0.4, 0.5) is 0 Å². The highest BCUT2D eigenvalue weighted by Crippen LogP contribution is 2.36. The van der Waals surface area contributed by atoms with Gasteiger partial charge < -0.3 is 0 Å². The lowest BCUT2D eigenvalue weighted by Gasteiger charge is -2.05. The first kappa shape index (κ1) is 12.3. The van der Waals surface area contributed by atoms with Crippen molar-refractivity contribution < 1.29 is 0 Å². The predicted octanol–water partition coefficient (Wildman–Crippen LogP) is 5.53. The maximum Gasteiger partial charge on any atom is 0.171 e. The fourth-order valence-electron chi connectivity index (χ4n) is 2.29. The van der Waals surface area contributed by atoms with E-state index in [0.29, 0.717) is 11.0 Å². The van der Waals surface area contributed by atoms with E-state index >= 15 is 0 Å². The quantitative estimate of drug-likeness (QED) is 0.431. The Morgan fingerprint density at radius 2 is 2.00 bits per heavy atom. The van der Waals surface area contributed by atoms with Crippen molar-refractivity contribution in [2.75, 3.05) is 0 Å². The lowest BCUT2D eigenvalue weighted by atomic mass is 10.1. The van der Waals surface area contributed by atoms with Gasteiger partial charge in [-0.2, -0.15) is 0 Å². The third-order valence-electron chi connectivity index (χ3n) is 3.25. The Morgan fingerprint density at radius 3 is 2.85 bits per heavy atom. The van der Waals surface area contributed by atoms with Gasteiger partial charge in [0.1, 0.15) is 5.15 Å². The van der Waals surface area contributed by atoms with E-state index in [1.54, 1.807) is 22.7 Å². The number of hydrogen-bond donors (Lipinski definition) is 0. The van der Waals surface area contributed by atoms with Crippen LogP contribution in [0.15, 0.2) is 35.7 Å². The van der Waals surface area contributed by atoms with E-state index in [-0.39, 0.29) is 0 Å². The fraction of sp³-hybridized carbons (Fsp3) is 0.0667. The monoisotopic (exact) mass is 316 g/mol. The summed E-state index contributed by atoms with van der Waals surface area (Å²) >= 11 is 9.79. The third-order valence-corrected chi connectivity index (χ3v) is 5.61. The topological polar surface area (TPSA) is 25.8 Å². The summed E-state index contributed by atoms with van der Waals surface area (Å²) in [5, 5.41) is 3.57. The van der Waals surface area contributed by atoms with E-state index in [4.69, 9.17) is 11.6 Å². The van der Waals surface area contributed by atoms with E-state index < -0.39 is 0 Å². The molecular weight excluding hydrogens is 308 g/mol. The molecule has 3 aromatic heterocycles. The normalized spacial score (nSPS) is 11.5. The van der Waals surface area contributed by atoms with E-state index in [1.807, 2.05) is 25.1 Å². The van der Waals surface area contributed by atoms with Crippen molar-refractivity contribution in [2.45, 2.75) is 6.92 Å². The van der Waals surface area contributed by atoms with Crippen LogP contribution in [0.5, 0.6) is 0 Å². The zero-order valence-electron chi connectivity index (χ0n) is 10.6. The largest absolute Gasteiger partial charge is 0.227 e. The van der Waals surface area contributed by atoms with E-state index in [1.165, 1.54) is 9.40 Å². The van der Waals surface area contributed by atoms with Crippen LogP contribution in [0, 0.1) is 6.92 Å². The standard InChI is InChI=1S/C15H9ClN2S2/c1-8-3-2-4-9-13(8)14(16)18-15(17-9)12-7-11-10(20-12)5-6-19-11/h2-7H,1H3. The first-order valence-electron chi connectivity index (χ1n) is 6.12. The Balaban J connectivity index is 1.98. The molecule has 0 saturated carbocycles. The molecule has 0 fully saturated rings. The van der Waals surface area contributed by atoms with Crippen LogP contribution >= 0.6 is 34.3 Å². The summed E-state index contributed by atoms with van der Waals surface area (Å²) in [7, 11) is 0. The highest BCUT2D eigenvalue weighted by atomic mass is 35.5.